The summed E-state index contributed by atoms with van der Waals surface area (Å²) in [6.07, 6.45) is 5.53. The van der Waals surface area contributed by atoms with Crippen LogP contribution in [0.1, 0.15) is 29.0 Å². The quantitative estimate of drug-likeness (QED) is 0.812. The second-order valence-corrected chi connectivity index (χ2v) is 6.49. The van der Waals surface area contributed by atoms with Gasteiger partial charge in [0.1, 0.15) is 0 Å². The highest BCUT2D eigenvalue weighted by Crippen LogP contribution is 2.21. The van der Waals surface area contributed by atoms with Gasteiger partial charge in [-0.05, 0) is 35.2 Å². The minimum absolute atomic E-state index is 0.0422. The van der Waals surface area contributed by atoms with E-state index in [1.807, 2.05) is 28.8 Å². The summed E-state index contributed by atoms with van der Waals surface area (Å²) in [6, 6.07) is 1.98. The minimum atomic E-state index is -0.138. The largest absolute Gasteiger partial charge is 0.342 e. The third-order valence-electron chi connectivity index (χ3n) is 4.12. The van der Waals surface area contributed by atoms with E-state index in [2.05, 4.69) is 4.98 Å². The maximum atomic E-state index is 12.5. The highest BCUT2D eigenvalue weighted by Gasteiger charge is 2.30. The maximum absolute atomic E-state index is 12.5. The molecule has 1 amide bonds. The Morgan fingerprint density at radius 3 is 3.00 bits per heavy atom. The van der Waals surface area contributed by atoms with E-state index in [-0.39, 0.29) is 17.6 Å². The first-order valence-electron chi connectivity index (χ1n) is 7.45. The molecule has 5 nitrogen and oxygen atoms in total. The summed E-state index contributed by atoms with van der Waals surface area (Å²) in [7, 11) is 1.82. The molecular weight excluding hydrogens is 298 g/mol. The van der Waals surface area contributed by atoms with Crippen LogP contribution < -0.4 is 0 Å². The van der Waals surface area contributed by atoms with Crippen LogP contribution in [0.5, 0.6) is 0 Å². The molecule has 2 aromatic heterocycles. The summed E-state index contributed by atoms with van der Waals surface area (Å²) >= 11 is 1.60. The zero-order valence-corrected chi connectivity index (χ0v) is 13.4. The molecule has 0 bridgehead atoms. The van der Waals surface area contributed by atoms with Gasteiger partial charge in [-0.1, -0.05) is 0 Å². The van der Waals surface area contributed by atoms with Crippen LogP contribution >= 0.6 is 11.3 Å². The number of aromatic nitrogens is 2. The van der Waals surface area contributed by atoms with Crippen LogP contribution in [0.15, 0.2) is 29.2 Å². The number of likely N-dealkylation sites (tertiary alicyclic amines) is 1. The number of nitrogens with zero attached hydrogens (tertiary/aromatic N) is 3. The topological polar surface area (TPSA) is 55.2 Å². The molecule has 6 heteroatoms. The number of rotatable bonds is 4. The van der Waals surface area contributed by atoms with Gasteiger partial charge >= 0.3 is 0 Å². The Balaban J connectivity index is 1.65. The van der Waals surface area contributed by atoms with Gasteiger partial charge in [-0.25, -0.2) is 4.98 Å². The summed E-state index contributed by atoms with van der Waals surface area (Å²) in [6.45, 7) is 1.25. The van der Waals surface area contributed by atoms with Crippen LogP contribution in [0.2, 0.25) is 0 Å². The first-order valence-corrected chi connectivity index (χ1v) is 8.40. The summed E-state index contributed by atoms with van der Waals surface area (Å²) in [5.41, 5.74) is 1.05. The standard InChI is InChI=1S/C16H19N3O2S/c1-18-7-5-17-16(18)15(21)13-3-2-6-19(10-13)14(20)9-12-4-8-22-11-12/h4-5,7-8,11,13H,2-3,6,9-10H2,1H3/t13-/m1/s1. The number of piperidine rings is 1. The average Bonchev–Trinajstić information content (AvgIpc) is 3.18. The van der Waals surface area contributed by atoms with Gasteiger partial charge in [-0.2, -0.15) is 11.3 Å². The highest BCUT2D eigenvalue weighted by molar-refractivity contribution is 7.08. The van der Waals surface area contributed by atoms with Crippen molar-refractivity contribution in [2.45, 2.75) is 19.3 Å². The fourth-order valence-electron chi connectivity index (χ4n) is 2.88. The van der Waals surface area contributed by atoms with Gasteiger partial charge in [0.25, 0.3) is 0 Å². The molecule has 1 aliphatic rings. The minimum Gasteiger partial charge on any atom is -0.342 e. The van der Waals surface area contributed by atoms with Crippen molar-refractivity contribution in [2.24, 2.45) is 13.0 Å². The molecule has 1 atom stereocenters. The van der Waals surface area contributed by atoms with E-state index in [1.165, 1.54) is 0 Å². The van der Waals surface area contributed by atoms with Gasteiger partial charge in [-0.15, -0.1) is 0 Å². The molecule has 22 heavy (non-hydrogen) atoms. The molecule has 0 saturated carbocycles. The molecule has 0 aromatic carbocycles. The van der Waals surface area contributed by atoms with E-state index < -0.39 is 0 Å². The van der Waals surface area contributed by atoms with E-state index in [4.69, 9.17) is 0 Å². The molecule has 3 rings (SSSR count). The number of hydrogen-bond acceptors (Lipinski definition) is 4. The molecule has 0 N–H and O–H groups in total. The summed E-state index contributed by atoms with van der Waals surface area (Å²) in [5, 5.41) is 3.98. The first-order chi connectivity index (χ1) is 10.6. The average molecular weight is 317 g/mol. The number of thiophene rings is 1. The lowest BCUT2D eigenvalue weighted by molar-refractivity contribution is -0.131. The fraction of sp³-hybridized carbons (Fsp3) is 0.438. The predicted octanol–water partition coefficient (Wildman–Crippen LogP) is 2.15. The van der Waals surface area contributed by atoms with Gasteiger partial charge < -0.3 is 9.47 Å². The zero-order chi connectivity index (χ0) is 15.5. The Morgan fingerprint density at radius 2 is 2.32 bits per heavy atom. The van der Waals surface area contributed by atoms with Crippen LogP contribution in [0.3, 0.4) is 0 Å². The lowest BCUT2D eigenvalue weighted by Gasteiger charge is -2.32. The van der Waals surface area contributed by atoms with Crippen molar-refractivity contribution in [1.82, 2.24) is 14.5 Å². The molecule has 2 aromatic rings. The van der Waals surface area contributed by atoms with E-state index in [0.29, 0.717) is 18.8 Å². The Bertz CT molecular complexity index is 663. The van der Waals surface area contributed by atoms with Crippen molar-refractivity contribution in [2.75, 3.05) is 13.1 Å². The fourth-order valence-corrected chi connectivity index (χ4v) is 3.55. The van der Waals surface area contributed by atoms with Gasteiger partial charge in [0.15, 0.2) is 5.82 Å². The molecule has 1 saturated heterocycles. The molecular formula is C16H19N3O2S. The Kier molecular flexibility index (Phi) is 4.38. The number of amides is 1. The second-order valence-electron chi connectivity index (χ2n) is 5.71. The van der Waals surface area contributed by atoms with Crippen molar-refractivity contribution in [1.29, 1.82) is 0 Å². The van der Waals surface area contributed by atoms with Crippen LogP contribution in [0, 0.1) is 5.92 Å². The highest BCUT2D eigenvalue weighted by atomic mass is 32.1. The summed E-state index contributed by atoms with van der Waals surface area (Å²) in [4.78, 5) is 30.9. The van der Waals surface area contributed by atoms with Gasteiger partial charge in [-0.3, -0.25) is 9.59 Å². The van der Waals surface area contributed by atoms with Crippen LogP contribution in [0.4, 0.5) is 0 Å². The van der Waals surface area contributed by atoms with E-state index in [1.54, 1.807) is 28.3 Å². The predicted molar refractivity (Wildman–Crippen MR) is 84.9 cm³/mol. The smallest absolute Gasteiger partial charge is 0.227 e. The van der Waals surface area contributed by atoms with E-state index in [9.17, 15) is 9.59 Å². The van der Waals surface area contributed by atoms with Gasteiger partial charge in [0.05, 0.1) is 6.42 Å². The van der Waals surface area contributed by atoms with Crippen LogP contribution in [-0.4, -0.2) is 39.2 Å². The second kappa shape index (κ2) is 6.44. The summed E-state index contributed by atoms with van der Waals surface area (Å²) < 4.78 is 1.74. The number of carbonyl (C=O) groups excluding carboxylic acids is 2. The molecule has 1 fully saturated rings. The number of ketones is 1. The third-order valence-corrected chi connectivity index (χ3v) is 4.85. The monoisotopic (exact) mass is 317 g/mol. The van der Waals surface area contributed by atoms with Crippen molar-refractivity contribution in [3.63, 3.8) is 0 Å². The van der Waals surface area contributed by atoms with Gasteiger partial charge in [0.2, 0.25) is 11.7 Å². The molecule has 0 radical (unpaired) electrons. The Hall–Kier alpha value is -1.95. The number of imidazole rings is 1. The molecule has 1 aliphatic heterocycles. The maximum Gasteiger partial charge on any atom is 0.227 e. The van der Waals surface area contributed by atoms with Crippen molar-refractivity contribution in [3.8, 4) is 0 Å². The van der Waals surface area contributed by atoms with Crippen molar-refractivity contribution < 1.29 is 9.59 Å². The molecule has 0 unspecified atom stereocenters. The van der Waals surface area contributed by atoms with Crippen molar-refractivity contribution in [3.05, 3.63) is 40.6 Å². The van der Waals surface area contributed by atoms with Gasteiger partial charge in [0, 0.05) is 38.4 Å². The molecule has 116 valence electrons. The molecule has 0 spiro atoms. The molecule has 3 heterocycles. The molecule has 0 aliphatic carbocycles. The van der Waals surface area contributed by atoms with Crippen LogP contribution in [0.25, 0.3) is 0 Å². The normalized spacial score (nSPS) is 18.4. The first kappa shape index (κ1) is 15.0. The lowest BCUT2D eigenvalue weighted by atomic mass is 9.93. The van der Waals surface area contributed by atoms with E-state index in [0.717, 1.165) is 24.9 Å². The van der Waals surface area contributed by atoms with E-state index >= 15 is 0 Å². The Morgan fingerprint density at radius 1 is 1.45 bits per heavy atom. The SMILES string of the molecule is Cn1ccnc1C(=O)[C@@H]1CCCN(C(=O)Cc2ccsc2)C1. The van der Waals surface area contributed by atoms with Crippen molar-refractivity contribution >= 4 is 23.0 Å². The number of aryl methyl sites for hydroxylation is 1. The number of carbonyl (C=O) groups is 2. The number of Topliss-reactive ketones (excluding diaryl/α,β-unsaturated/α-hetero) is 1. The van der Waals surface area contributed by atoms with Crippen LogP contribution in [-0.2, 0) is 18.3 Å². The Labute approximate surface area is 133 Å². The zero-order valence-electron chi connectivity index (χ0n) is 12.6. The third kappa shape index (κ3) is 3.11. The lowest BCUT2D eigenvalue weighted by Crippen LogP contribution is -2.43. The summed E-state index contributed by atoms with van der Waals surface area (Å²) in [5.74, 6) is 0.495. The number of hydrogen-bond donors (Lipinski definition) is 0.